The van der Waals surface area contributed by atoms with E-state index in [1.165, 1.54) is 21.6 Å². The van der Waals surface area contributed by atoms with Crippen molar-refractivity contribution >= 4 is 24.3 Å². The van der Waals surface area contributed by atoms with Gasteiger partial charge in [-0.1, -0.05) is 76.8 Å². The minimum absolute atomic E-state index is 1.19. The van der Waals surface area contributed by atoms with E-state index in [1.807, 2.05) is 40.7 Å². The Balaban J connectivity index is 0. The summed E-state index contributed by atoms with van der Waals surface area (Å²) in [7, 11) is 0. The standard InChI is InChI=1S/C15H18.2C2H6/c1-5-9-15-13(7-3)11-10-12(6-2)14(15)8-4;2*1-2/h5-11H,3H2,1-2,4H3;2*1-2H3/b9-5-,12-6-,14-8+;;. The van der Waals surface area contributed by atoms with Gasteiger partial charge in [0.2, 0.25) is 0 Å². The molecule has 0 fully saturated rings. The van der Waals surface area contributed by atoms with Gasteiger partial charge in [-0.15, -0.1) is 0 Å². The van der Waals surface area contributed by atoms with Crippen molar-refractivity contribution in [2.24, 2.45) is 0 Å². The van der Waals surface area contributed by atoms with Gasteiger partial charge >= 0.3 is 0 Å². The van der Waals surface area contributed by atoms with Gasteiger partial charge < -0.3 is 0 Å². The zero-order chi connectivity index (χ0) is 15.3. The summed E-state index contributed by atoms with van der Waals surface area (Å²) in [4.78, 5) is 0. The van der Waals surface area contributed by atoms with Crippen molar-refractivity contribution in [3.05, 3.63) is 46.4 Å². The molecule has 0 aromatic heterocycles. The molecule has 0 heterocycles. The first kappa shape index (κ1) is 19.8. The summed E-state index contributed by atoms with van der Waals surface area (Å²) < 4.78 is 0. The van der Waals surface area contributed by atoms with Crippen molar-refractivity contribution in [1.82, 2.24) is 0 Å². The molecule has 19 heavy (non-hydrogen) atoms. The zero-order valence-corrected chi connectivity index (χ0v) is 13.7. The lowest BCUT2D eigenvalue weighted by Crippen LogP contribution is -2.27. The molecule has 0 aliphatic carbocycles. The maximum absolute atomic E-state index is 3.85. The predicted octanol–water partition coefficient (Wildman–Crippen LogP) is 5.02. The smallest absolute Gasteiger partial charge is 0.0112 e. The second-order valence-electron chi connectivity index (χ2n) is 3.35. The highest BCUT2D eigenvalue weighted by Crippen LogP contribution is 2.05. The molecule has 1 rings (SSSR count). The van der Waals surface area contributed by atoms with Crippen LogP contribution >= 0.6 is 0 Å². The first-order chi connectivity index (χ1) is 9.28. The summed E-state index contributed by atoms with van der Waals surface area (Å²) >= 11 is 0. The van der Waals surface area contributed by atoms with E-state index in [0.717, 1.165) is 0 Å². The second kappa shape index (κ2) is 12.9. The molecule has 0 N–H and O–H groups in total. The van der Waals surface area contributed by atoms with Crippen LogP contribution in [0.25, 0.3) is 24.3 Å². The first-order valence-corrected chi connectivity index (χ1v) is 7.29. The summed E-state index contributed by atoms with van der Waals surface area (Å²) in [6, 6.07) is 4.25. The predicted molar refractivity (Wildman–Crippen MR) is 93.5 cm³/mol. The molecule has 106 valence electrons. The van der Waals surface area contributed by atoms with Gasteiger partial charge in [0.15, 0.2) is 0 Å². The van der Waals surface area contributed by atoms with Gasteiger partial charge in [0, 0.05) is 0 Å². The Labute approximate surface area is 119 Å². The highest BCUT2D eigenvalue weighted by atomic mass is 14.0. The highest BCUT2D eigenvalue weighted by molar-refractivity contribution is 5.66. The molecule has 0 saturated heterocycles. The molecule has 0 amide bonds. The minimum atomic E-state index is 1.19. The molecule has 0 spiro atoms. The first-order valence-electron chi connectivity index (χ1n) is 7.29. The fourth-order valence-corrected chi connectivity index (χ4v) is 1.77. The lowest BCUT2D eigenvalue weighted by molar-refractivity contribution is 1.44. The fourth-order valence-electron chi connectivity index (χ4n) is 1.77. The van der Waals surface area contributed by atoms with Crippen LogP contribution in [0.4, 0.5) is 0 Å². The zero-order valence-electron chi connectivity index (χ0n) is 13.7. The SMILES string of the molecule is C=Cc1ccc(=C/C)/c(=C\C)c1/C=C\C.CC.CC. The van der Waals surface area contributed by atoms with Crippen molar-refractivity contribution in [3.8, 4) is 0 Å². The summed E-state index contributed by atoms with van der Waals surface area (Å²) in [6.45, 7) is 18.0. The molecule has 0 heteroatoms. The Morgan fingerprint density at radius 1 is 0.895 bits per heavy atom. The summed E-state index contributed by atoms with van der Waals surface area (Å²) in [5, 5.41) is 2.56. The average molecular weight is 258 g/mol. The van der Waals surface area contributed by atoms with Crippen LogP contribution in [0.2, 0.25) is 0 Å². The van der Waals surface area contributed by atoms with Crippen LogP contribution in [0.5, 0.6) is 0 Å². The van der Waals surface area contributed by atoms with E-state index in [9.17, 15) is 0 Å². The molecule has 0 unspecified atom stereocenters. The number of allylic oxidation sites excluding steroid dienone is 1. The van der Waals surface area contributed by atoms with Gasteiger partial charge in [-0.05, 0) is 42.3 Å². The quantitative estimate of drug-likeness (QED) is 0.699. The summed E-state index contributed by atoms with van der Waals surface area (Å²) in [5.74, 6) is 0. The maximum Gasteiger partial charge on any atom is -0.0112 e. The molecule has 0 aliphatic rings. The van der Waals surface area contributed by atoms with Crippen LogP contribution in [-0.2, 0) is 0 Å². The van der Waals surface area contributed by atoms with Gasteiger partial charge in [-0.2, -0.15) is 0 Å². The molecule has 1 aromatic carbocycles. The van der Waals surface area contributed by atoms with Crippen molar-refractivity contribution in [2.75, 3.05) is 0 Å². The van der Waals surface area contributed by atoms with E-state index in [0.29, 0.717) is 0 Å². The van der Waals surface area contributed by atoms with Crippen LogP contribution < -0.4 is 10.4 Å². The minimum Gasteiger partial charge on any atom is -0.0984 e. The molecule has 0 nitrogen and oxygen atoms in total. The lowest BCUT2D eigenvalue weighted by atomic mass is 10.0. The van der Waals surface area contributed by atoms with E-state index in [1.54, 1.807) is 0 Å². The third-order valence-electron chi connectivity index (χ3n) is 2.51. The van der Waals surface area contributed by atoms with E-state index in [-0.39, 0.29) is 0 Å². The Morgan fingerprint density at radius 3 is 1.84 bits per heavy atom. The van der Waals surface area contributed by atoms with E-state index >= 15 is 0 Å². The molecular weight excluding hydrogens is 228 g/mol. The summed E-state index contributed by atoms with van der Waals surface area (Å²) in [6.07, 6.45) is 10.4. The van der Waals surface area contributed by atoms with Gasteiger partial charge in [0.05, 0.1) is 0 Å². The Bertz CT molecular complexity index is 488. The third-order valence-corrected chi connectivity index (χ3v) is 2.51. The monoisotopic (exact) mass is 258 g/mol. The van der Waals surface area contributed by atoms with Crippen molar-refractivity contribution in [1.29, 1.82) is 0 Å². The number of hydrogen-bond donors (Lipinski definition) is 0. The maximum atomic E-state index is 3.85. The molecule has 0 bridgehead atoms. The highest BCUT2D eigenvalue weighted by Gasteiger charge is 1.97. The van der Waals surface area contributed by atoms with Crippen LogP contribution in [0, 0.1) is 0 Å². The molecule has 1 aromatic rings. The van der Waals surface area contributed by atoms with Crippen molar-refractivity contribution < 1.29 is 0 Å². The van der Waals surface area contributed by atoms with Crippen LogP contribution in [0.1, 0.15) is 59.6 Å². The summed E-state index contributed by atoms with van der Waals surface area (Å²) in [5.41, 5.74) is 2.44. The van der Waals surface area contributed by atoms with Crippen molar-refractivity contribution in [2.45, 2.75) is 48.5 Å². The number of rotatable bonds is 2. The number of benzene rings is 1. The van der Waals surface area contributed by atoms with Crippen molar-refractivity contribution in [3.63, 3.8) is 0 Å². The molecule has 0 saturated carbocycles. The molecule has 0 atom stereocenters. The Morgan fingerprint density at radius 2 is 1.47 bits per heavy atom. The topological polar surface area (TPSA) is 0 Å². The van der Waals surface area contributed by atoms with Crippen LogP contribution in [0.15, 0.2) is 24.8 Å². The van der Waals surface area contributed by atoms with Crippen LogP contribution in [0.3, 0.4) is 0 Å². The largest absolute Gasteiger partial charge is 0.0984 e. The van der Waals surface area contributed by atoms with Gasteiger partial charge in [0.1, 0.15) is 0 Å². The average Bonchev–Trinajstić information content (AvgIpc) is 2.51. The normalized spacial score (nSPS) is 11.5. The van der Waals surface area contributed by atoms with E-state index in [4.69, 9.17) is 0 Å². The van der Waals surface area contributed by atoms with Gasteiger partial charge in [0.25, 0.3) is 0 Å². The van der Waals surface area contributed by atoms with Gasteiger partial charge in [-0.3, -0.25) is 0 Å². The van der Waals surface area contributed by atoms with E-state index in [2.05, 4.69) is 56.9 Å². The molecule has 0 radical (unpaired) electrons. The fraction of sp³-hybridized carbons (Fsp3) is 0.368. The second-order valence-corrected chi connectivity index (χ2v) is 3.35. The Kier molecular flexibility index (Phi) is 13.4. The lowest BCUT2D eigenvalue weighted by Gasteiger charge is -2.03. The number of hydrogen-bond acceptors (Lipinski definition) is 0. The third kappa shape index (κ3) is 5.74. The molecular formula is C19H30. The van der Waals surface area contributed by atoms with E-state index < -0.39 is 0 Å². The van der Waals surface area contributed by atoms with Crippen LogP contribution in [-0.4, -0.2) is 0 Å². The van der Waals surface area contributed by atoms with Gasteiger partial charge in [-0.25, -0.2) is 0 Å². The Hall–Kier alpha value is -1.56. The molecule has 0 aliphatic heterocycles.